The second-order valence-electron chi connectivity index (χ2n) is 8.50. The molecule has 0 saturated carbocycles. The average Bonchev–Trinajstić information content (AvgIpc) is 3.42. The van der Waals surface area contributed by atoms with Crippen LogP contribution in [0.5, 0.6) is 5.75 Å². The van der Waals surface area contributed by atoms with Gasteiger partial charge in [0.15, 0.2) is 11.7 Å². The third kappa shape index (κ3) is 4.49. The van der Waals surface area contributed by atoms with Crippen LogP contribution in [0.1, 0.15) is 41.8 Å². The molecule has 1 fully saturated rings. The molecule has 2 aromatic heterocycles. The summed E-state index contributed by atoms with van der Waals surface area (Å²) in [6.07, 6.45) is 7.25. The van der Waals surface area contributed by atoms with Gasteiger partial charge in [-0.15, -0.1) is 0 Å². The predicted octanol–water partition coefficient (Wildman–Crippen LogP) is 4.85. The van der Waals surface area contributed by atoms with Crippen LogP contribution < -0.4 is 0 Å². The first kappa shape index (κ1) is 19.8. The van der Waals surface area contributed by atoms with Crippen LogP contribution in [0.15, 0.2) is 47.1 Å². The standard InChI is InChI=1S/C25H28N4O2/c1-17-5-7-20(30)14-19(17)15-24-26-23(16-31-24)25-27-21-8-6-18(13-22(21)28-25)9-12-29-10-3-2-4-11-29/h5-8,13-14,16,30H,2-4,9-12,15H2,1H3,(H,27,28). The van der Waals surface area contributed by atoms with Crippen molar-refractivity contribution < 1.29 is 9.52 Å². The van der Waals surface area contributed by atoms with Gasteiger partial charge in [0.2, 0.25) is 0 Å². The van der Waals surface area contributed by atoms with Gasteiger partial charge in [-0.2, -0.15) is 0 Å². The molecule has 160 valence electrons. The smallest absolute Gasteiger partial charge is 0.199 e. The molecular weight excluding hydrogens is 388 g/mol. The number of nitrogens with zero attached hydrogens (tertiary/aromatic N) is 3. The zero-order chi connectivity index (χ0) is 21.2. The molecule has 6 nitrogen and oxygen atoms in total. The van der Waals surface area contributed by atoms with Gasteiger partial charge >= 0.3 is 0 Å². The van der Waals surface area contributed by atoms with Crippen LogP contribution >= 0.6 is 0 Å². The van der Waals surface area contributed by atoms with Gasteiger partial charge < -0.3 is 19.4 Å². The fraction of sp³-hybridized carbons (Fsp3) is 0.360. The Morgan fingerprint density at radius 3 is 2.81 bits per heavy atom. The maximum Gasteiger partial charge on any atom is 0.199 e. The van der Waals surface area contributed by atoms with Crippen LogP contribution in [0, 0.1) is 6.92 Å². The van der Waals surface area contributed by atoms with E-state index < -0.39 is 0 Å². The number of aryl methyl sites for hydroxylation is 1. The summed E-state index contributed by atoms with van der Waals surface area (Å²) in [5.41, 5.74) is 6.08. The van der Waals surface area contributed by atoms with Gasteiger partial charge in [-0.25, -0.2) is 9.97 Å². The van der Waals surface area contributed by atoms with E-state index in [-0.39, 0.29) is 5.75 Å². The number of likely N-dealkylation sites (tertiary alicyclic amines) is 1. The van der Waals surface area contributed by atoms with E-state index in [9.17, 15) is 5.11 Å². The highest BCUT2D eigenvalue weighted by atomic mass is 16.3. The zero-order valence-corrected chi connectivity index (χ0v) is 17.9. The third-order valence-electron chi connectivity index (χ3n) is 6.18. The number of nitrogens with one attached hydrogen (secondary N) is 1. The number of H-pyrrole nitrogens is 1. The second kappa shape index (κ2) is 8.55. The van der Waals surface area contributed by atoms with E-state index >= 15 is 0 Å². The van der Waals surface area contributed by atoms with Crippen molar-refractivity contribution in [2.45, 2.75) is 39.0 Å². The molecule has 4 aromatic rings. The molecule has 5 rings (SSSR count). The van der Waals surface area contributed by atoms with Crippen LogP contribution in [0.3, 0.4) is 0 Å². The third-order valence-corrected chi connectivity index (χ3v) is 6.18. The van der Waals surface area contributed by atoms with E-state index in [2.05, 4.69) is 33.1 Å². The average molecular weight is 417 g/mol. The van der Waals surface area contributed by atoms with Gasteiger partial charge in [0.25, 0.3) is 0 Å². The van der Waals surface area contributed by atoms with Crippen LogP contribution in [0.4, 0.5) is 0 Å². The van der Waals surface area contributed by atoms with Crippen molar-refractivity contribution in [1.82, 2.24) is 19.9 Å². The summed E-state index contributed by atoms with van der Waals surface area (Å²) in [5.74, 6) is 1.57. The second-order valence-corrected chi connectivity index (χ2v) is 8.50. The van der Waals surface area contributed by atoms with E-state index in [1.165, 1.54) is 37.9 Å². The maximum atomic E-state index is 9.75. The lowest BCUT2D eigenvalue weighted by Crippen LogP contribution is -2.31. The van der Waals surface area contributed by atoms with Crippen molar-refractivity contribution in [2.75, 3.05) is 19.6 Å². The number of oxazole rings is 1. The van der Waals surface area contributed by atoms with E-state index in [0.717, 1.165) is 35.1 Å². The van der Waals surface area contributed by atoms with E-state index in [4.69, 9.17) is 9.40 Å². The Morgan fingerprint density at radius 2 is 1.94 bits per heavy atom. The monoisotopic (exact) mass is 416 g/mol. The molecule has 0 atom stereocenters. The highest BCUT2D eigenvalue weighted by Crippen LogP contribution is 2.24. The molecule has 1 saturated heterocycles. The van der Waals surface area contributed by atoms with Gasteiger partial charge in [0.1, 0.15) is 17.7 Å². The highest BCUT2D eigenvalue weighted by molar-refractivity contribution is 5.79. The van der Waals surface area contributed by atoms with Gasteiger partial charge in [-0.1, -0.05) is 18.6 Å². The summed E-state index contributed by atoms with van der Waals surface area (Å²) >= 11 is 0. The minimum absolute atomic E-state index is 0.251. The Balaban J connectivity index is 1.30. The van der Waals surface area contributed by atoms with Gasteiger partial charge in [0, 0.05) is 13.0 Å². The van der Waals surface area contributed by atoms with E-state index in [1.807, 2.05) is 13.0 Å². The number of aromatic hydroxyl groups is 1. The largest absolute Gasteiger partial charge is 0.508 e. The molecule has 0 radical (unpaired) electrons. The molecule has 0 amide bonds. The molecule has 2 aromatic carbocycles. The topological polar surface area (TPSA) is 78.2 Å². The molecule has 0 spiro atoms. The number of imidazole rings is 1. The Bertz CT molecular complexity index is 1190. The van der Waals surface area contributed by atoms with Crippen molar-refractivity contribution >= 4 is 11.0 Å². The highest BCUT2D eigenvalue weighted by Gasteiger charge is 2.14. The van der Waals surface area contributed by atoms with Crippen LogP contribution in [0.2, 0.25) is 0 Å². The Hall–Kier alpha value is -3.12. The summed E-state index contributed by atoms with van der Waals surface area (Å²) in [5, 5.41) is 9.75. The molecule has 3 heterocycles. The zero-order valence-electron chi connectivity index (χ0n) is 17.9. The lowest BCUT2D eigenvalue weighted by molar-refractivity contribution is 0.231. The first-order valence-corrected chi connectivity index (χ1v) is 11.1. The lowest BCUT2D eigenvalue weighted by atomic mass is 10.1. The van der Waals surface area contributed by atoms with Crippen molar-refractivity contribution in [1.29, 1.82) is 0 Å². The van der Waals surface area contributed by atoms with Gasteiger partial charge in [-0.3, -0.25) is 0 Å². The SMILES string of the molecule is Cc1ccc(O)cc1Cc1nc(-c2nc3ccc(CCN4CCCCC4)cc3[nH]2)co1. The summed E-state index contributed by atoms with van der Waals surface area (Å²) < 4.78 is 5.69. The molecule has 0 unspecified atom stereocenters. The van der Waals surface area contributed by atoms with E-state index in [1.54, 1.807) is 18.4 Å². The first-order valence-electron chi connectivity index (χ1n) is 11.1. The molecule has 1 aliphatic heterocycles. The van der Waals surface area contributed by atoms with Gasteiger partial charge in [-0.05, 0) is 80.2 Å². The fourth-order valence-corrected chi connectivity index (χ4v) is 4.32. The van der Waals surface area contributed by atoms with Crippen LogP contribution in [0.25, 0.3) is 22.6 Å². The summed E-state index contributed by atoms with van der Waals surface area (Å²) in [4.78, 5) is 15.3. The van der Waals surface area contributed by atoms with Crippen molar-refractivity contribution in [3.8, 4) is 17.3 Å². The summed E-state index contributed by atoms with van der Waals surface area (Å²) in [6, 6.07) is 11.8. The maximum absolute atomic E-state index is 9.75. The van der Waals surface area contributed by atoms with Crippen molar-refractivity contribution in [2.24, 2.45) is 0 Å². The molecule has 1 aliphatic rings. The van der Waals surface area contributed by atoms with Gasteiger partial charge in [0.05, 0.1) is 11.0 Å². The normalized spacial score (nSPS) is 15.0. The number of rotatable bonds is 6. The number of hydrogen-bond acceptors (Lipinski definition) is 5. The molecular formula is C25H28N4O2. The minimum Gasteiger partial charge on any atom is -0.508 e. The predicted molar refractivity (Wildman–Crippen MR) is 121 cm³/mol. The van der Waals surface area contributed by atoms with Crippen molar-refractivity contribution in [3.05, 3.63) is 65.2 Å². The number of phenols is 1. The number of aromatic nitrogens is 3. The molecule has 31 heavy (non-hydrogen) atoms. The number of aromatic amines is 1. The first-order chi connectivity index (χ1) is 15.1. The number of fused-ring (bicyclic) bond motifs is 1. The van der Waals surface area contributed by atoms with Crippen LogP contribution in [-0.4, -0.2) is 44.6 Å². The number of phenolic OH excluding ortho intramolecular Hbond substituents is 1. The minimum atomic E-state index is 0.251. The lowest BCUT2D eigenvalue weighted by Gasteiger charge is -2.26. The molecule has 2 N–H and O–H groups in total. The van der Waals surface area contributed by atoms with E-state index in [0.29, 0.717) is 23.8 Å². The number of hydrogen-bond donors (Lipinski definition) is 2. The Morgan fingerprint density at radius 1 is 1.06 bits per heavy atom. The van der Waals surface area contributed by atoms with Crippen molar-refractivity contribution in [3.63, 3.8) is 0 Å². The summed E-state index contributed by atoms with van der Waals surface area (Å²) in [7, 11) is 0. The summed E-state index contributed by atoms with van der Waals surface area (Å²) in [6.45, 7) is 5.59. The quantitative estimate of drug-likeness (QED) is 0.470. The van der Waals surface area contributed by atoms with Crippen LogP contribution in [-0.2, 0) is 12.8 Å². The molecule has 0 bridgehead atoms. The molecule has 0 aliphatic carbocycles. The Labute approximate surface area is 182 Å². The number of benzene rings is 2. The fourth-order valence-electron chi connectivity index (χ4n) is 4.32. The molecule has 6 heteroatoms. The number of piperidine rings is 1. The Kier molecular flexibility index (Phi) is 5.47.